The summed E-state index contributed by atoms with van der Waals surface area (Å²) in [5, 5.41) is 46.8. The van der Waals surface area contributed by atoms with E-state index in [2.05, 4.69) is 14.7 Å². The Morgan fingerprint density at radius 3 is 0.789 bits per heavy atom. The third-order valence-electron chi connectivity index (χ3n) is 1.18. The van der Waals surface area contributed by atoms with Crippen LogP contribution >= 0.6 is 0 Å². The zero-order valence-corrected chi connectivity index (χ0v) is 12.1. The van der Waals surface area contributed by atoms with E-state index < -0.39 is 0 Å². The van der Waals surface area contributed by atoms with Crippen LogP contribution in [0.5, 0.6) is 0 Å². The smallest absolute Gasteiger partial charge is 0.0841 e. The average molecular weight is 327 g/mol. The van der Waals surface area contributed by atoms with Crippen LogP contribution in [0.1, 0.15) is 19.3 Å². The molecule has 0 amide bonds. The number of aliphatic hydroxyl groups excluding tert-OH is 3. The van der Waals surface area contributed by atoms with Gasteiger partial charge >= 0.3 is 0 Å². The summed E-state index contributed by atoms with van der Waals surface area (Å²) in [6, 6.07) is 0. The molecule has 0 aromatic rings. The van der Waals surface area contributed by atoms with Crippen molar-refractivity contribution in [2.75, 3.05) is 39.6 Å². The van der Waals surface area contributed by atoms with E-state index in [-0.39, 0.29) is 58.2 Å². The number of aliphatic hydroxyl groups is 3. The van der Waals surface area contributed by atoms with Crippen LogP contribution in [0, 0.1) is 0 Å². The zero-order chi connectivity index (χ0) is 14.5. The average Bonchev–Trinajstić information content (AvgIpc) is 2.42. The quantitative estimate of drug-likeness (QED) is 0.188. The van der Waals surface area contributed by atoms with Crippen molar-refractivity contribution in [1.82, 2.24) is 0 Å². The summed E-state index contributed by atoms with van der Waals surface area (Å²) in [5.41, 5.74) is 0. The van der Waals surface area contributed by atoms with E-state index in [1.165, 1.54) is 0 Å². The van der Waals surface area contributed by atoms with E-state index in [1.807, 2.05) is 0 Å². The van der Waals surface area contributed by atoms with Crippen LogP contribution < -0.4 is 0 Å². The molecule has 19 heavy (non-hydrogen) atoms. The Balaban J connectivity index is -0.0000000865. The molecule has 119 valence electrons. The molecule has 0 aliphatic carbocycles. The predicted octanol–water partition coefficient (Wildman–Crippen LogP) is -0.427. The van der Waals surface area contributed by atoms with Gasteiger partial charge in [0.1, 0.15) is 0 Å². The van der Waals surface area contributed by atoms with Gasteiger partial charge in [-0.15, -0.1) is 0 Å². The van der Waals surface area contributed by atoms with E-state index in [1.54, 1.807) is 0 Å². The normalized spacial score (nSPS) is 8.53. The minimum atomic E-state index is 0. The van der Waals surface area contributed by atoms with Crippen LogP contribution in [-0.2, 0) is 33.2 Å². The van der Waals surface area contributed by atoms with Gasteiger partial charge in [-0.2, -0.15) is 0 Å². The summed E-state index contributed by atoms with van der Waals surface area (Å²) >= 11 is 0. The molecule has 0 rings (SSSR count). The molecule has 0 aromatic carbocycles. The molecule has 0 saturated carbocycles. The molecule has 9 nitrogen and oxygen atoms in total. The Morgan fingerprint density at radius 2 is 0.737 bits per heavy atom. The first-order chi connectivity index (χ1) is 8.74. The minimum Gasteiger partial charge on any atom is -0.396 e. The molecule has 0 bridgehead atoms. The van der Waals surface area contributed by atoms with Crippen molar-refractivity contribution in [2.24, 2.45) is 0 Å². The molecule has 0 atom stereocenters. The maximum Gasteiger partial charge on any atom is 0.0841 e. The summed E-state index contributed by atoms with van der Waals surface area (Å²) in [4.78, 5) is 10.9. The third-order valence-corrected chi connectivity index (χ3v) is 1.18. The van der Waals surface area contributed by atoms with Crippen LogP contribution in [-0.4, -0.2) is 70.7 Å². The van der Waals surface area contributed by atoms with Crippen LogP contribution in [0.25, 0.3) is 0 Å². The molecule has 0 aromatic heterocycles. The zero-order valence-electron chi connectivity index (χ0n) is 10.7. The number of hydrogen-bond acceptors (Lipinski definition) is 9. The molecule has 0 saturated heterocycles. The molecule has 0 fully saturated rings. The second-order valence-electron chi connectivity index (χ2n) is 2.73. The third kappa shape index (κ3) is 56.4. The van der Waals surface area contributed by atoms with E-state index in [0.717, 1.165) is 0 Å². The van der Waals surface area contributed by atoms with Gasteiger partial charge in [-0.3, -0.25) is 15.8 Å². The molecule has 0 aliphatic heterocycles. The predicted molar refractivity (Wildman–Crippen MR) is 60.9 cm³/mol. The molecule has 0 spiro atoms. The Kier molecular flexibility index (Phi) is 52.5. The van der Waals surface area contributed by atoms with Gasteiger partial charge in [0.05, 0.1) is 19.8 Å². The van der Waals surface area contributed by atoms with Crippen molar-refractivity contribution in [3.8, 4) is 0 Å². The summed E-state index contributed by atoms with van der Waals surface area (Å²) < 4.78 is 0. The van der Waals surface area contributed by atoms with Crippen molar-refractivity contribution in [3.05, 3.63) is 0 Å². The Bertz CT molecular complexity index is 78.7. The first kappa shape index (κ1) is 27.5. The van der Waals surface area contributed by atoms with Crippen LogP contribution in [0.15, 0.2) is 0 Å². The van der Waals surface area contributed by atoms with Gasteiger partial charge in [0, 0.05) is 38.4 Å². The van der Waals surface area contributed by atoms with E-state index in [4.69, 9.17) is 31.1 Å². The van der Waals surface area contributed by atoms with E-state index in [0.29, 0.717) is 19.3 Å². The Morgan fingerprint density at radius 1 is 0.526 bits per heavy atom. The molecular weight excluding hydrogens is 303 g/mol. The van der Waals surface area contributed by atoms with Gasteiger partial charge < -0.3 is 15.3 Å². The Hall–Kier alpha value is 0.224. The SMILES string of the molecule is OCCCOO.OCCCOO.OCCCOO.[V]. The van der Waals surface area contributed by atoms with Gasteiger partial charge in [0.15, 0.2) is 0 Å². The van der Waals surface area contributed by atoms with E-state index in [9.17, 15) is 0 Å². The van der Waals surface area contributed by atoms with Crippen molar-refractivity contribution in [3.63, 3.8) is 0 Å². The fourth-order valence-electron chi connectivity index (χ4n) is 0.387. The summed E-state index contributed by atoms with van der Waals surface area (Å²) in [7, 11) is 0. The molecule has 0 unspecified atom stereocenters. The van der Waals surface area contributed by atoms with Crippen molar-refractivity contribution in [1.29, 1.82) is 0 Å². The first-order valence-electron chi connectivity index (χ1n) is 5.36. The Labute approximate surface area is 124 Å². The van der Waals surface area contributed by atoms with Gasteiger partial charge in [0.2, 0.25) is 0 Å². The van der Waals surface area contributed by atoms with Gasteiger partial charge in [0.25, 0.3) is 0 Å². The van der Waals surface area contributed by atoms with Crippen molar-refractivity contribution >= 4 is 0 Å². The van der Waals surface area contributed by atoms with Crippen LogP contribution in [0.2, 0.25) is 0 Å². The summed E-state index contributed by atoms with van der Waals surface area (Å²) in [6.45, 7) is 0.866. The van der Waals surface area contributed by atoms with Crippen molar-refractivity contribution < 1.29 is 64.3 Å². The summed E-state index contributed by atoms with van der Waals surface area (Å²) in [6.07, 6.45) is 1.49. The largest absolute Gasteiger partial charge is 0.396 e. The monoisotopic (exact) mass is 327 g/mol. The molecule has 0 heterocycles. The fourth-order valence-corrected chi connectivity index (χ4v) is 0.387. The first-order valence-corrected chi connectivity index (χ1v) is 5.36. The van der Waals surface area contributed by atoms with Crippen LogP contribution in [0.4, 0.5) is 0 Å². The minimum absolute atomic E-state index is 0. The van der Waals surface area contributed by atoms with E-state index >= 15 is 0 Å². The summed E-state index contributed by atoms with van der Waals surface area (Å²) in [5.74, 6) is 0. The molecular formula is C9H24O9V. The number of hydrogen-bond donors (Lipinski definition) is 6. The topological polar surface area (TPSA) is 149 Å². The maximum absolute atomic E-state index is 8.01. The second kappa shape index (κ2) is 36.2. The van der Waals surface area contributed by atoms with Crippen LogP contribution in [0.3, 0.4) is 0 Å². The second-order valence-corrected chi connectivity index (χ2v) is 2.73. The van der Waals surface area contributed by atoms with Crippen molar-refractivity contribution in [2.45, 2.75) is 19.3 Å². The van der Waals surface area contributed by atoms with Gasteiger partial charge in [-0.1, -0.05) is 0 Å². The number of rotatable bonds is 9. The maximum atomic E-state index is 8.01. The van der Waals surface area contributed by atoms with Gasteiger partial charge in [-0.05, 0) is 19.3 Å². The molecule has 6 N–H and O–H groups in total. The molecule has 10 heteroatoms. The molecule has 0 aliphatic rings. The van der Waals surface area contributed by atoms with Gasteiger partial charge in [-0.25, -0.2) is 14.7 Å². The molecule has 1 radical (unpaired) electrons. The standard InChI is InChI=1S/3C3H8O3.V/c3*4-2-1-3-6-5;/h3*4-5H,1-3H2;. The fraction of sp³-hybridized carbons (Fsp3) is 1.00.